The van der Waals surface area contributed by atoms with Crippen LogP contribution in [0.15, 0.2) is 40.9 Å². The topological polar surface area (TPSA) is 12.0 Å². The second kappa shape index (κ2) is 5.44. The van der Waals surface area contributed by atoms with Crippen LogP contribution in [0.2, 0.25) is 0 Å². The molecule has 0 amide bonds. The van der Waals surface area contributed by atoms with Crippen LogP contribution in [-0.4, -0.2) is 0 Å². The minimum absolute atomic E-state index is 0.0585. The fourth-order valence-electron chi connectivity index (χ4n) is 1.46. The molecule has 0 fully saturated rings. The number of nitrogens with one attached hydrogen (secondary N) is 1. The molecule has 0 heterocycles. The second-order valence-corrected chi connectivity index (χ2v) is 4.62. The zero-order valence-electron chi connectivity index (χ0n) is 9.18. The molecule has 0 aliphatic heterocycles. The Morgan fingerprint density at radius 1 is 0.889 bits per heavy atom. The number of halogens is 4. The average Bonchev–Trinajstić information content (AvgIpc) is 2.37. The van der Waals surface area contributed by atoms with Gasteiger partial charge in [-0.05, 0) is 29.8 Å². The summed E-state index contributed by atoms with van der Waals surface area (Å²) in [6, 6.07) is 9.44. The summed E-state index contributed by atoms with van der Waals surface area (Å²) in [5, 5.41) is 2.72. The third-order valence-electron chi connectivity index (χ3n) is 2.43. The third kappa shape index (κ3) is 2.85. The van der Waals surface area contributed by atoms with Crippen LogP contribution >= 0.6 is 15.9 Å². The Labute approximate surface area is 111 Å². The van der Waals surface area contributed by atoms with Crippen molar-refractivity contribution in [1.82, 2.24) is 0 Å². The van der Waals surface area contributed by atoms with Crippen LogP contribution < -0.4 is 5.32 Å². The Morgan fingerprint density at radius 3 is 2.22 bits per heavy atom. The highest BCUT2D eigenvalue weighted by Crippen LogP contribution is 2.20. The van der Waals surface area contributed by atoms with E-state index in [4.69, 9.17) is 0 Å². The Balaban J connectivity index is 2.11. The molecule has 0 bridgehead atoms. The van der Waals surface area contributed by atoms with Gasteiger partial charge in [-0.15, -0.1) is 0 Å². The highest BCUT2D eigenvalue weighted by molar-refractivity contribution is 9.10. The van der Waals surface area contributed by atoms with Gasteiger partial charge in [0.1, 0.15) is 0 Å². The van der Waals surface area contributed by atoms with Gasteiger partial charge in [-0.2, -0.15) is 0 Å². The molecule has 0 spiro atoms. The lowest BCUT2D eigenvalue weighted by Gasteiger charge is -2.08. The summed E-state index contributed by atoms with van der Waals surface area (Å²) in [6.07, 6.45) is 0. The Kier molecular flexibility index (Phi) is 3.91. The van der Waals surface area contributed by atoms with Crippen molar-refractivity contribution in [1.29, 1.82) is 0 Å². The van der Waals surface area contributed by atoms with E-state index in [0.717, 1.165) is 16.1 Å². The fourth-order valence-corrected chi connectivity index (χ4v) is 1.73. The molecule has 0 atom stereocenters. The zero-order chi connectivity index (χ0) is 13.1. The van der Waals surface area contributed by atoms with Crippen molar-refractivity contribution in [3.8, 4) is 0 Å². The SMILES string of the molecule is Fc1ccc(NCc2ccc(Br)cc2)c(F)c1F. The first-order valence-corrected chi connectivity index (χ1v) is 5.99. The summed E-state index contributed by atoms with van der Waals surface area (Å²) in [7, 11) is 0. The predicted molar refractivity (Wildman–Crippen MR) is 67.8 cm³/mol. The van der Waals surface area contributed by atoms with Crippen LogP contribution in [0.4, 0.5) is 18.9 Å². The number of anilines is 1. The summed E-state index contributed by atoms with van der Waals surface area (Å²) in [5.41, 5.74) is 0.846. The molecule has 1 nitrogen and oxygen atoms in total. The van der Waals surface area contributed by atoms with E-state index in [9.17, 15) is 13.2 Å². The molecule has 2 aromatic carbocycles. The molecule has 0 saturated carbocycles. The molecule has 18 heavy (non-hydrogen) atoms. The summed E-state index contributed by atoms with van der Waals surface area (Å²) in [4.78, 5) is 0. The third-order valence-corrected chi connectivity index (χ3v) is 2.96. The maximum Gasteiger partial charge on any atom is 0.196 e. The van der Waals surface area contributed by atoms with Crippen LogP contribution in [0.25, 0.3) is 0 Å². The molecule has 0 aliphatic rings. The summed E-state index contributed by atoms with van der Waals surface area (Å²) in [6.45, 7) is 0.329. The average molecular weight is 316 g/mol. The van der Waals surface area contributed by atoms with Crippen molar-refractivity contribution in [3.05, 3.63) is 63.9 Å². The monoisotopic (exact) mass is 315 g/mol. The largest absolute Gasteiger partial charge is 0.379 e. The lowest BCUT2D eigenvalue weighted by molar-refractivity contribution is 0.449. The lowest BCUT2D eigenvalue weighted by Crippen LogP contribution is -2.03. The van der Waals surface area contributed by atoms with Crippen LogP contribution in [0.3, 0.4) is 0 Å². The van der Waals surface area contributed by atoms with Crippen molar-refractivity contribution in [2.24, 2.45) is 0 Å². The van der Waals surface area contributed by atoms with E-state index < -0.39 is 17.5 Å². The highest BCUT2D eigenvalue weighted by atomic mass is 79.9. The van der Waals surface area contributed by atoms with E-state index in [2.05, 4.69) is 21.2 Å². The molecule has 2 aromatic rings. The van der Waals surface area contributed by atoms with Crippen LogP contribution in [0.1, 0.15) is 5.56 Å². The smallest absolute Gasteiger partial charge is 0.196 e. The molecule has 0 radical (unpaired) electrons. The van der Waals surface area contributed by atoms with Gasteiger partial charge < -0.3 is 5.32 Å². The number of rotatable bonds is 3. The normalized spacial score (nSPS) is 10.4. The van der Waals surface area contributed by atoms with E-state index in [1.165, 1.54) is 6.07 Å². The van der Waals surface area contributed by atoms with E-state index in [1.807, 2.05) is 24.3 Å². The Morgan fingerprint density at radius 2 is 1.56 bits per heavy atom. The second-order valence-electron chi connectivity index (χ2n) is 3.70. The zero-order valence-corrected chi connectivity index (χ0v) is 10.8. The first-order valence-electron chi connectivity index (χ1n) is 5.20. The number of hydrogen-bond acceptors (Lipinski definition) is 1. The molecule has 0 aromatic heterocycles. The number of hydrogen-bond donors (Lipinski definition) is 1. The van der Waals surface area contributed by atoms with Gasteiger partial charge in [-0.25, -0.2) is 13.2 Å². The van der Waals surface area contributed by atoms with Crippen LogP contribution in [-0.2, 0) is 6.54 Å². The van der Waals surface area contributed by atoms with Gasteiger partial charge in [-0.3, -0.25) is 0 Å². The molecular formula is C13H9BrF3N. The predicted octanol–water partition coefficient (Wildman–Crippen LogP) is 4.48. The Hall–Kier alpha value is -1.49. The van der Waals surface area contributed by atoms with E-state index in [-0.39, 0.29) is 5.69 Å². The van der Waals surface area contributed by atoms with Gasteiger partial charge in [-0.1, -0.05) is 28.1 Å². The van der Waals surface area contributed by atoms with Gasteiger partial charge >= 0.3 is 0 Å². The van der Waals surface area contributed by atoms with Gasteiger partial charge in [0, 0.05) is 11.0 Å². The first-order chi connectivity index (χ1) is 8.58. The lowest BCUT2D eigenvalue weighted by atomic mass is 10.2. The van der Waals surface area contributed by atoms with Gasteiger partial charge in [0.2, 0.25) is 0 Å². The van der Waals surface area contributed by atoms with Crippen LogP contribution in [0.5, 0.6) is 0 Å². The standard InChI is InChI=1S/C13H9BrF3N/c14-9-3-1-8(2-4-9)7-18-11-6-5-10(15)12(16)13(11)17/h1-6,18H,7H2. The number of benzene rings is 2. The molecule has 0 unspecified atom stereocenters. The summed E-state index contributed by atoms with van der Waals surface area (Å²) >= 11 is 3.30. The van der Waals surface area contributed by atoms with Crippen molar-refractivity contribution in [2.45, 2.75) is 6.54 Å². The summed E-state index contributed by atoms with van der Waals surface area (Å²) < 4.78 is 40.0. The van der Waals surface area contributed by atoms with Crippen molar-refractivity contribution in [2.75, 3.05) is 5.32 Å². The van der Waals surface area contributed by atoms with Gasteiger partial charge in [0.15, 0.2) is 17.5 Å². The van der Waals surface area contributed by atoms with Gasteiger partial charge in [0.25, 0.3) is 0 Å². The molecule has 0 aliphatic carbocycles. The quantitative estimate of drug-likeness (QED) is 0.823. The molecule has 0 saturated heterocycles. The van der Waals surface area contributed by atoms with Crippen molar-refractivity contribution >= 4 is 21.6 Å². The van der Waals surface area contributed by atoms with Crippen molar-refractivity contribution in [3.63, 3.8) is 0 Å². The van der Waals surface area contributed by atoms with Crippen LogP contribution in [0, 0.1) is 17.5 Å². The van der Waals surface area contributed by atoms with E-state index in [1.54, 1.807) is 0 Å². The van der Waals surface area contributed by atoms with E-state index in [0.29, 0.717) is 6.54 Å². The molecule has 2 rings (SSSR count). The van der Waals surface area contributed by atoms with E-state index >= 15 is 0 Å². The molecular weight excluding hydrogens is 307 g/mol. The minimum atomic E-state index is -1.46. The maximum atomic E-state index is 13.3. The minimum Gasteiger partial charge on any atom is -0.379 e. The maximum absolute atomic E-state index is 13.3. The molecule has 5 heteroatoms. The molecule has 94 valence electrons. The summed E-state index contributed by atoms with van der Waals surface area (Å²) in [5.74, 6) is -3.86. The van der Waals surface area contributed by atoms with Gasteiger partial charge in [0.05, 0.1) is 5.69 Å². The highest BCUT2D eigenvalue weighted by Gasteiger charge is 2.12. The Bertz CT molecular complexity index is 555. The molecule has 1 N–H and O–H groups in total. The first kappa shape index (κ1) is 13.0. The fraction of sp³-hybridized carbons (Fsp3) is 0.0769. The van der Waals surface area contributed by atoms with Crippen molar-refractivity contribution < 1.29 is 13.2 Å².